The maximum absolute atomic E-state index is 12.8. The summed E-state index contributed by atoms with van der Waals surface area (Å²) in [5.41, 5.74) is 2.87. The average Bonchev–Trinajstić information content (AvgIpc) is 3.09. The van der Waals surface area contributed by atoms with Crippen LogP contribution in [0.4, 0.5) is 5.69 Å². The van der Waals surface area contributed by atoms with Crippen LogP contribution < -0.4 is 10.6 Å². The van der Waals surface area contributed by atoms with Gasteiger partial charge in [-0.2, -0.15) is 0 Å². The second-order valence-electron chi connectivity index (χ2n) is 7.18. The van der Waals surface area contributed by atoms with Gasteiger partial charge in [0.25, 0.3) is 5.91 Å². The standard InChI is InChI=1S/C24H19Cl2N3O3.ClH/c1-14-17(12-21(30)28-13-15-8-10-27-11-9-15)16-4-2-7-20(23(16)32-14)29-24(31)22-18(25)5-3-6-19(22)26;/h2-11H,12-13H2,1H3,(H,28,30)(H,29,31);1H. The molecule has 9 heteroatoms. The topological polar surface area (TPSA) is 84.2 Å². The van der Waals surface area contributed by atoms with Crippen LogP contribution in [-0.2, 0) is 17.8 Å². The zero-order valence-corrected chi connectivity index (χ0v) is 19.9. The van der Waals surface area contributed by atoms with E-state index in [9.17, 15) is 9.59 Å². The van der Waals surface area contributed by atoms with Crippen molar-refractivity contribution in [1.29, 1.82) is 0 Å². The Labute approximate surface area is 206 Å². The number of hydrogen-bond acceptors (Lipinski definition) is 4. The van der Waals surface area contributed by atoms with E-state index in [2.05, 4.69) is 15.6 Å². The predicted molar refractivity (Wildman–Crippen MR) is 132 cm³/mol. The second-order valence-corrected chi connectivity index (χ2v) is 7.99. The van der Waals surface area contributed by atoms with Crippen LogP contribution in [0.1, 0.15) is 27.2 Å². The summed E-state index contributed by atoms with van der Waals surface area (Å²) < 4.78 is 5.92. The van der Waals surface area contributed by atoms with E-state index in [4.69, 9.17) is 27.6 Å². The zero-order chi connectivity index (χ0) is 22.7. The van der Waals surface area contributed by atoms with E-state index < -0.39 is 5.91 Å². The van der Waals surface area contributed by atoms with Crippen molar-refractivity contribution in [3.05, 3.63) is 93.4 Å². The van der Waals surface area contributed by atoms with Crippen LogP contribution in [-0.4, -0.2) is 16.8 Å². The minimum absolute atomic E-state index is 0. The molecule has 2 amide bonds. The number of anilines is 1. The van der Waals surface area contributed by atoms with Crippen molar-refractivity contribution >= 4 is 64.1 Å². The number of fused-ring (bicyclic) bond motifs is 1. The number of aromatic nitrogens is 1. The van der Waals surface area contributed by atoms with Crippen LogP contribution in [0.15, 0.2) is 65.3 Å². The highest BCUT2D eigenvalue weighted by molar-refractivity contribution is 6.40. The number of halogens is 3. The summed E-state index contributed by atoms with van der Waals surface area (Å²) in [5.74, 6) is 0.0280. The van der Waals surface area contributed by atoms with Crippen molar-refractivity contribution in [2.45, 2.75) is 19.9 Å². The number of pyridine rings is 1. The van der Waals surface area contributed by atoms with Crippen molar-refractivity contribution in [3.63, 3.8) is 0 Å². The summed E-state index contributed by atoms with van der Waals surface area (Å²) in [6, 6.07) is 13.9. The van der Waals surface area contributed by atoms with Crippen LogP contribution in [0.2, 0.25) is 10.0 Å². The third-order valence-corrected chi connectivity index (χ3v) is 5.66. The van der Waals surface area contributed by atoms with Gasteiger partial charge in [0.15, 0.2) is 5.58 Å². The number of furan rings is 1. The van der Waals surface area contributed by atoms with Crippen LogP contribution >= 0.6 is 35.6 Å². The molecule has 0 aliphatic rings. The van der Waals surface area contributed by atoms with Gasteiger partial charge in [-0.15, -0.1) is 12.4 Å². The quantitative estimate of drug-likeness (QED) is 0.338. The number of para-hydroxylation sites is 1. The average molecular weight is 505 g/mol. The van der Waals surface area contributed by atoms with Crippen LogP contribution in [0, 0.1) is 6.92 Å². The van der Waals surface area contributed by atoms with Gasteiger partial charge in [0.2, 0.25) is 5.91 Å². The molecule has 0 aliphatic heterocycles. The lowest BCUT2D eigenvalue weighted by Crippen LogP contribution is -2.24. The van der Waals surface area contributed by atoms with Gasteiger partial charge in [-0.25, -0.2) is 0 Å². The molecule has 0 radical (unpaired) electrons. The van der Waals surface area contributed by atoms with Crippen LogP contribution in [0.25, 0.3) is 11.0 Å². The van der Waals surface area contributed by atoms with E-state index in [1.807, 2.05) is 18.2 Å². The Balaban J connectivity index is 0.00000306. The smallest absolute Gasteiger partial charge is 0.258 e. The predicted octanol–water partition coefficient (Wildman–Crippen LogP) is 5.98. The molecular formula is C24H20Cl3N3O3. The van der Waals surface area contributed by atoms with Crippen LogP contribution in [0.5, 0.6) is 0 Å². The molecule has 2 aromatic carbocycles. The number of amides is 2. The molecular weight excluding hydrogens is 485 g/mol. The Morgan fingerprint density at radius 2 is 1.67 bits per heavy atom. The van der Waals surface area contributed by atoms with Gasteiger partial charge in [0.05, 0.1) is 27.7 Å². The summed E-state index contributed by atoms with van der Waals surface area (Å²) in [6.07, 6.45) is 3.51. The lowest BCUT2D eigenvalue weighted by atomic mass is 10.1. The highest BCUT2D eigenvalue weighted by atomic mass is 35.5. The maximum atomic E-state index is 12.8. The van der Waals surface area contributed by atoms with Gasteiger partial charge in [0.1, 0.15) is 5.76 Å². The summed E-state index contributed by atoms with van der Waals surface area (Å²) in [7, 11) is 0. The van der Waals surface area contributed by atoms with Gasteiger partial charge >= 0.3 is 0 Å². The number of carbonyl (C=O) groups excluding carboxylic acids is 2. The van der Waals surface area contributed by atoms with Crippen LogP contribution in [0.3, 0.4) is 0 Å². The van der Waals surface area contributed by atoms with Gasteiger partial charge in [-0.05, 0) is 42.8 Å². The van der Waals surface area contributed by atoms with E-state index >= 15 is 0 Å². The largest absolute Gasteiger partial charge is 0.459 e. The fourth-order valence-corrected chi connectivity index (χ4v) is 4.00. The highest BCUT2D eigenvalue weighted by Crippen LogP contribution is 2.33. The number of aryl methyl sites for hydroxylation is 1. The Morgan fingerprint density at radius 1 is 1.00 bits per heavy atom. The first-order valence-corrected chi connectivity index (χ1v) is 10.6. The molecule has 2 N–H and O–H groups in total. The van der Waals surface area contributed by atoms with Crippen molar-refractivity contribution in [2.24, 2.45) is 0 Å². The SMILES string of the molecule is Cc1oc2c(NC(=O)c3c(Cl)cccc3Cl)cccc2c1CC(=O)NCc1ccncc1.Cl. The van der Waals surface area contributed by atoms with E-state index in [-0.39, 0.29) is 40.3 Å². The summed E-state index contributed by atoms with van der Waals surface area (Å²) in [4.78, 5) is 29.3. The molecule has 2 aromatic heterocycles. The van der Waals surface area contributed by atoms with Gasteiger partial charge in [0, 0.05) is 29.9 Å². The van der Waals surface area contributed by atoms with E-state index in [0.29, 0.717) is 23.6 Å². The number of rotatable bonds is 6. The number of benzene rings is 2. The Kier molecular flexibility index (Phi) is 7.97. The molecule has 0 unspecified atom stereocenters. The third kappa shape index (κ3) is 5.47. The maximum Gasteiger partial charge on any atom is 0.258 e. The molecule has 4 rings (SSSR count). The van der Waals surface area contributed by atoms with Crippen molar-refractivity contribution < 1.29 is 14.0 Å². The molecule has 4 aromatic rings. The minimum Gasteiger partial charge on any atom is -0.459 e. The Hall–Kier alpha value is -3.06. The molecule has 170 valence electrons. The first-order valence-electron chi connectivity index (χ1n) is 9.86. The molecule has 0 saturated carbocycles. The molecule has 0 spiro atoms. The number of nitrogens with one attached hydrogen (secondary N) is 2. The highest BCUT2D eigenvalue weighted by Gasteiger charge is 2.20. The molecule has 0 atom stereocenters. The molecule has 0 bridgehead atoms. The molecule has 0 saturated heterocycles. The van der Waals surface area contributed by atoms with E-state index in [1.165, 1.54) is 0 Å². The number of carbonyl (C=O) groups is 2. The van der Waals surface area contributed by atoms with Crippen molar-refractivity contribution in [2.75, 3.05) is 5.32 Å². The molecule has 6 nitrogen and oxygen atoms in total. The van der Waals surface area contributed by atoms with Crippen molar-refractivity contribution in [3.8, 4) is 0 Å². The van der Waals surface area contributed by atoms with E-state index in [1.54, 1.807) is 49.6 Å². The summed E-state index contributed by atoms with van der Waals surface area (Å²) in [5, 5.41) is 6.98. The lowest BCUT2D eigenvalue weighted by molar-refractivity contribution is -0.120. The molecule has 33 heavy (non-hydrogen) atoms. The molecule has 0 fully saturated rings. The lowest BCUT2D eigenvalue weighted by Gasteiger charge is -2.09. The Bertz CT molecular complexity index is 1290. The molecule has 2 heterocycles. The van der Waals surface area contributed by atoms with Gasteiger partial charge in [-0.1, -0.05) is 41.4 Å². The Morgan fingerprint density at radius 3 is 2.36 bits per heavy atom. The zero-order valence-electron chi connectivity index (χ0n) is 17.5. The second kappa shape index (κ2) is 10.7. The summed E-state index contributed by atoms with van der Waals surface area (Å²) >= 11 is 12.3. The third-order valence-electron chi connectivity index (χ3n) is 5.03. The number of nitrogens with zero attached hydrogens (tertiary/aromatic N) is 1. The van der Waals surface area contributed by atoms with E-state index in [0.717, 1.165) is 16.5 Å². The normalized spacial score (nSPS) is 10.5. The first kappa shape index (κ1) is 24.6. The monoisotopic (exact) mass is 503 g/mol. The minimum atomic E-state index is -0.446. The first-order chi connectivity index (χ1) is 15.4. The van der Waals surface area contributed by atoms with Gasteiger partial charge in [-0.3, -0.25) is 14.6 Å². The van der Waals surface area contributed by atoms with Crippen molar-refractivity contribution in [1.82, 2.24) is 10.3 Å². The molecule has 0 aliphatic carbocycles. The fourth-order valence-electron chi connectivity index (χ4n) is 3.43. The number of hydrogen-bond donors (Lipinski definition) is 2. The fraction of sp³-hybridized carbons (Fsp3) is 0.125. The van der Waals surface area contributed by atoms with Gasteiger partial charge < -0.3 is 15.1 Å². The summed E-state index contributed by atoms with van der Waals surface area (Å²) in [6.45, 7) is 2.21.